The van der Waals surface area contributed by atoms with Gasteiger partial charge in [0.25, 0.3) is 0 Å². The van der Waals surface area contributed by atoms with Crippen LogP contribution in [0.25, 0.3) is 11.3 Å². The molecule has 2 aromatic rings. The van der Waals surface area contributed by atoms with Crippen LogP contribution in [0.15, 0.2) is 35.3 Å². The Hall–Kier alpha value is -1.97. The van der Waals surface area contributed by atoms with Crippen LogP contribution < -0.4 is 5.69 Å². The fraction of sp³-hybridized carbons (Fsp3) is 0.308. The summed E-state index contributed by atoms with van der Waals surface area (Å²) in [7, 11) is 0. The van der Waals surface area contributed by atoms with Gasteiger partial charge in [-0.05, 0) is 17.9 Å². The Morgan fingerprint density at radius 2 is 1.94 bits per heavy atom. The number of hydrogen-bond donors (Lipinski definition) is 1. The molecule has 0 unspecified atom stereocenters. The Balaban J connectivity index is 2.26. The molecule has 88 valence electrons. The first-order valence-corrected chi connectivity index (χ1v) is 5.66. The predicted octanol–water partition coefficient (Wildman–Crippen LogP) is 2.03. The highest BCUT2D eigenvalue weighted by Gasteiger charge is 2.02. The third-order valence-electron chi connectivity index (χ3n) is 2.46. The van der Waals surface area contributed by atoms with Crippen LogP contribution in [0.2, 0.25) is 0 Å². The maximum atomic E-state index is 11.0. The van der Waals surface area contributed by atoms with Gasteiger partial charge in [0.15, 0.2) is 0 Å². The first-order chi connectivity index (χ1) is 8.15. The second-order valence-electron chi connectivity index (χ2n) is 4.47. The second kappa shape index (κ2) is 4.91. The molecule has 0 bridgehead atoms. The maximum absolute atomic E-state index is 11.0. The molecule has 0 atom stereocenters. The number of H-pyrrole nitrogens is 1. The Bertz CT molecular complexity index is 543. The van der Waals surface area contributed by atoms with Crippen LogP contribution in [0, 0.1) is 5.92 Å². The van der Waals surface area contributed by atoms with Crippen molar-refractivity contribution in [3.05, 3.63) is 46.5 Å². The molecule has 2 rings (SSSR count). The molecule has 4 nitrogen and oxygen atoms in total. The van der Waals surface area contributed by atoms with E-state index in [0.717, 1.165) is 12.0 Å². The molecule has 0 amide bonds. The lowest BCUT2D eigenvalue weighted by atomic mass is 10.0. The summed E-state index contributed by atoms with van der Waals surface area (Å²) in [5.41, 5.74) is 2.39. The van der Waals surface area contributed by atoms with Gasteiger partial charge in [-0.25, -0.2) is 9.89 Å². The molecule has 0 saturated heterocycles. The molecule has 1 heterocycles. The number of benzene rings is 1. The van der Waals surface area contributed by atoms with E-state index in [-0.39, 0.29) is 0 Å². The highest BCUT2D eigenvalue weighted by Crippen LogP contribution is 2.16. The fourth-order valence-corrected chi connectivity index (χ4v) is 1.73. The van der Waals surface area contributed by atoms with Crippen LogP contribution in [-0.2, 0) is 6.42 Å². The number of rotatable bonds is 3. The molecular formula is C13H15N3O. The molecule has 1 N–H and O–H groups in total. The van der Waals surface area contributed by atoms with Crippen LogP contribution in [-0.4, -0.2) is 15.2 Å². The molecule has 0 aliphatic rings. The minimum absolute atomic E-state index is 0.422. The number of nitrogens with zero attached hydrogens (tertiary/aromatic N) is 2. The van der Waals surface area contributed by atoms with E-state index in [2.05, 4.69) is 41.2 Å². The molecular weight excluding hydrogens is 214 g/mol. The van der Waals surface area contributed by atoms with Crippen molar-refractivity contribution in [3.8, 4) is 11.3 Å². The number of hydrogen-bond acceptors (Lipinski definition) is 3. The van der Waals surface area contributed by atoms with Crippen molar-refractivity contribution in [1.82, 2.24) is 15.2 Å². The number of aromatic nitrogens is 3. The van der Waals surface area contributed by atoms with Crippen molar-refractivity contribution in [1.29, 1.82) is 0 Å². The molecule has 0 aliphatic heterocycles. The molecule has 0 radical (unpaired) electrons. The van der Waals surface area contributed by atoms with Crippen molar-refractivity contribution in [3.63, 3.8) is 0 Å². The minimum atomic E-state index is -0.422. The molecule has 17 heavy (non-hydrogen) atoms. The molecule has 0 saturated carbocycles. The SMILES string of the molecule is CC(C)Cc1ccc(-c2cn[nH]c(=O)n2)cc1. The Morgan fingerprint density at radius 1 is 1.24 bits per heavy atom. The average molecular weight is 229 g/mol. The summed E-state index contributed by atoms with van der Waals surface area (Å²) in [5.74, 6) is 0.639. The summed E-state index contributed by atoms with van der Waals surface area (Å²) in [6.45, 7) is 4.38. The summed E-state index contributed by atoms with van der Waals surface area (Å²) in [6.07, 6.45) is 2.61. The molecule has 4 heteroatoms. The van der Waals surface area contributed by atoms with Gasteiger partial charge in [-0.1, -0.05) is 38.1 Å². The van der Waals surface area contributed by atoms with Crippen molar-refractivity contribution < 1.29 is 0 Å². The van der Waals surface area contributed by atoms with Crippen LogP contribution >= 0.6 is 0 Å². The summed E-state index contributed by atoms with van der Waals surface area (Å²) in [6, 6.07) is 8.08. The molecule has 0 spiro atoms. The quantitative estimate of drug-likeness (QED) is 0.876. The van der Waals surface area contributed by atoms with Gasteiger partial charge in [0, 0.05) is 5.56 Å². The fourth-order valence-electron chi connectivity index (χ4n) is 1.73. The van der Waals surface area contributed by atoms with Crippen molar-refractivity contribution in [2.75, 3.05) is 0 Å². The zero-order chi connectivity index (χ0) is 12.3. The highest BCUT2D eigenvalue weighted by atomic mass is 16.1. The summed E-state index contributed by atoms with van der Waals surface area (Å²) in [4.78, 5) is 14.9. The van der Waals surface area contributed by atoms with Crippen LogP contribution in [0.4, 0.5) is 0 Å². The van der Waals surface area contributed by atoms with Crippen LogP contribution in [0.3, 0.4) is 0 Å². The maximum Gasteiger partial charge on any atom is 0.361 e. The van der Waals surface area contributed by atoms with E-state index in [0.29, 0.717) is 11.6 Å². The molecule has 1 aromatic heterocycles. The normalized spacial score (nSPS) is 10.8. The lowest BCUT2D eigenvalue weighted by Crippen LogP contribution is -2.11. The van der Waals surface area contributed by atoms with Gasteiger partial charge >= 0.3 is 5.69 Å². The first-order valence-electron chi connectivity index (χ1n) is 5.66. The highest BCUT2D eigenvalue weighted by molar-refractivity contribution is 5.57. The van der Waals surface area contributed by atoms with Gasteiger partial charge in [-0.2, -0.15) is 10.1 Å². The van der Waals surface area contributed by atoms with Gasteiger partial charge in [0.1, 0.15) is 0 Å². The lowest BCUT2D eigenvalue weighted by Gasteiger charge is -2.05. The Labute approximate surface area is 99.7 Å². The summed E-state index contributed by atoms with van der Waals surface area (Å²) >= 11 is 0. The summed E-state index contributed by atoms with van der Waals surface area (Å²) in [5, 5.41) is 5.99. The average Bonchev–Trinajstić information content (AvgIpc) is 2.29. The predicted molar refractivity (Wildman–Crippen MR) is 66.6 cm³/mol. The zero-order valence-corrected chi connectivity index (χ0v) is 9.97. The van der Waals surface area contributed by atoms with Gasteiger partial charge in [0.05, 0.1) is 11.9 Å². The van der Waals surface area contributed by atoms with E-state index in [1.807, 2.05) is 12.1 Å². The van der Waals surface area contributed by atoms with E-state index in [4.69, 9.17) is 0 Å². The standard InChI is InChI=1S/C13H15N3O/c1-9(2)7-10-3-5-11(6-4-10)12-8-14-16-13(17)15-12/h3-6,8-9H,7H2,1-2H3,(H,15,16,17). The van der Waals surface area contributed by atoms with E-state index in [1.54, 1.807) is 6.20 Å². The largest absolute Gasteiger partial charge is 0.361 e. The topological polar surface area (TPSA) is 58.6 Å². The van der Waals surface area contributed by atoms with Crippen LogP contribution in [0.5, 0.6) is 0 Å². The van der Waals surface area contributed by atoms with Gasteiger partial charge < -0.3 is 0 Å². The number of aromatic amines is 1. The molecule has 1 aromatic carbocycles. The van der Waals surface area contributed by atoms with E-state index >= 15 is 0 Å². The van der Waals surface area contributed by atoms with Gasteiger partial charge in [-0.15, -0.1) is 0 Å². The minimum Gasteiger partial charge on any atom is -0.244 e. The van der Waals surface area contributed by atoms with E-state index < -0.39 is 5.69 Å². The number of nitrogens with one attached hydrogen (secondary N) is 1. The third-order valence-corrected chi connectivity index (χ3v) is 2.46. The third kappa shape index (κ3) is 3.00. The van der Waals surface area contributed by atoms with E-state index in [9.17, 15) is 4.79 Å². The summed E-state index contributed by atoms with van der Waals surface area (Å²) < 4.78 is 0. The van der Waals surface area contributed by atoms with Gasteiger partial charge in [-0.3, -0.25) is 0 Å². The second-order valence-corrected chi connectivity index (χ2v) is 4.47. The first kappa shape index (κ1) is 11.5. The smallest absolute Gasteiger partial charge is 0.244 e. The van der Waals surface area contributed by atoms with Crippen molar-refractivity contribution in [2.45, 2.75) is 20.3 Å². The Kier molecular flexibility index (Phi) is 3.32. The van der Waals surface area contributed by atoms with E-state index in [1.165, 1.54) is 5.56 Å². The zero-order valence-electron chi connectivity index (χ0n) is 9.97. The monoisotopic (exact) mass is 229 g/mol. The lowest BCUT2D eigenvalue weighted by molar-refractivity contribution is 0.647. The Morgan fingerprint density at radius 3 is 2.53 bits per heavy atom. The van der Waals surface area contributed by atoms with Crippen LogP contribution in [0.1, 0.15) is 19.4 Å². The van der Waals surface area contributed by atoms with Crippen molar-refractivity contribution in [2.24, 2.45) is 5.92 Å². The molecule has 0 aliphatic carbocycles. The molecule has 0 fully saturated rings. The van der Waals surface area contributed by atoms with Crippen molar-refractivity contribution >= 4 is 0 Å². The van der Waals surface area contributed by atoms with Gasteiger partial charge in [0.2, 0.25) is 0 Å².